The molecule has 166 valence electrons. The molecule has 0 aliphatic heterocycles. The van der Waals surface area contributed by atoms with Crippen molar-refractivity contribution in [3.05, 3.63) is 25.0 Å². The molecule has 0 aromatic carbocycles. The topological polar surface area (TPSA) is 81.7 Å². The SMILES string of the molecule is C=C(C)C(=O)OCCC[Si](OC)(OC)OC.C=COCCCC[SiH](OC)OC. The first kappa shape index (κ1) is 29.2. The molecule has 10 heteroatoms. The van der Waals surface area contributed by atoms with Gasteiger partial charge in [0.05, 0.1) is 19.5 Å². The van der Waals surface area contributed by atoms with Crippen LogP contribution in [-0.4, -0.2) is 72.8 Å². The van der Waals surface area contributed by atoms with E-state index >= 15 is 0 Å². The molecule has 0 aliphatic rings. The lowest BCUT2D eigenvalue weighted by atomic mass is 10.4. The summed E-state index contributed by atoms with van der Waals surface area (Å²) in [6.45, 7) is 9.63. The van der Waals surface area contributed by atoms with Crippen LogP contribution in [0.25, 0.3) is 0 Å². The summed E-state index contributed by atoms with van der Waals surface area (Å²) < 4.78 is 35.9. The van der Waals surface area contributed by atoms with Crippen LogP contribution in [0.4, 0.5) is 0 Å². The second kappa shape index (κ2) is 19.3. The van der Waals surface area contributed by atoms with Crippen LogP contribution in [0.5, 0.6) is 0 Å². The van der Waals surface area contributed by atoms with Crippen LogP contribution in [0.1, 0.15) is 26.2 Å². The minimum absolute atomic E-state index is 0.316. The molecular formula is C18H38O8Si2. The average molecular weight is 439 g/mol. The number of rotatable bonds is 16. The van der Waals surface area contributed by atoms with Crippen molar-refractivity contribution >= 4 is 24.1 Å². The fourth-order valence-corrected chi connectivity index (χ4v) is 5.02. The zero-order valence-electron chi connectivity index (χ0n) is 18.3. The van der Waals surface area contributed by atoms with Crippen molar-refractivity contribution in [2.24, 2.45) is 0 Å². The van der Waals surface area contributed by atoms with Crippen molar-refractivity contribution in [1.29, 1.82) is 0 Å². The first-order valence-corrected chi connectivity index (χ1v) is 12.8. The molecule has 0 aromatic heterocycles. The Morgan fingerprint density at radius 2 is 1.54 bits per heavy atom. The largest absolute Gasteiger partial charge is 0.502 e. The summed E-state index contributed by atoms with van der Waals surface area (Å²) in [7, 11) is 4.23. The maximum Gasteiger partial charge on any atom is 0.500 e. The van der Waals surface area contributed by atoms with Crippen LogP contribution in [0, 0.1) is 0 Å². The fraction of sp³-hybridized carbons (Fsp3) is 0.722. The standard InChI is InChI=1S/C10H20O5Si.C8H18O3Si/c1-9(2)10(11)15-7-6-8-16(12-3,13-4)14-5;1-4-11-7-5-6-8-12(9-2)10-3/h1,6-8H2,2-5H3;4,12H,1,5-8H2,2-3H3. The average Bonchev–Trinajstić information content (AvgIpc) is 2.71. The Morgan fingerprint density at radius 3 is 1.96 bits per heavy atom. The summed E-state index contributed by atoms with van der Waals surface area (Å²) in [5.41, 5.74) is 0.397. The second-order valence-corrected chi connectivity index (χ2v) is 11.2. The first-order valence-electron chi connectivity index (χ1n) is 9.12. The summed E-state index contributed by atoms with van der Waals surface area (Å²) in [5.74, 6) is -0.375. The van der Waals surface area contributed by atoms with Crippen molar-refractivity contribution in [2.45, 2.75) is 38.3 Å². The van der Waals surface area contributed by atoms with E-state index in [0.717, 1.165) is 25.5 Å². The minimum Gasteiger partial charge on any atom is -0.502 e. The van der Waals surface area contributed by atoms with E-state index in [1.807, 2.05) is 0 Å². The van der Waals surface area contributed by atoms with Gasteiger partial charge in [-0.05, 0) is 32.2 Å². The zero-order chi connectivity index (χ0) is 21.8. The lowest BCUT2D eigenvalue weighted by molar-refractivity contribution is -0.139. The Hall–Kier alpha value is -1.02. The summed E-state index contributed by atoms with van der Waals surface area (Å²) in [6, 6.07) is 1.66. The number of carbonyl (C=O) groups is 1. The van der Waals surface area contributed by atoms with Gasteiger partial charge in [0, 0.05) is 47.2 Å². The normalized spacial score (nSPS) is 10.8. The van der Waals surface area contributed by atoms with Gasteiger partial charge in [0.1, 0.15) is 0 Å². The van der Waals surface area contributed by atoms with Gasteiger partial charge < -0.3 is 31.6 Å². The van der Waals surface area contributed by atoms with Crippen molar-refractivity contribution in [3.8, 4) is 0 Å². The predicted molar refractivity (Wildman–Crippen MR) is 113 cm³/mol. The maximum absolute atomic E-state index is 11.1. The third-order valence-corrected chi connectivity index (χ3v) is 8.50. The Bertz CT molecular complexity index is 404. The molecule has 0 spiro atoms. The molecule has 28 heavy (non-hydrogen) atoms. The third kappa shape index (κ3) is 15.0. The molecule has 8 nitrogen and oxygen atoms in total. The monoisotopic (exact) mass is 438 g/mol. The number of hydrogen-bond acceptors (Lipinski definition) is 8. The van der Waals surface area contributed by atoms with Crippen LogP contribution >= 0.6 is 0 Å². The molecule has 0 aliphatic carbocycles. The highest BCUT2D eigenvalue weighted by molar-refractivity contribution is 6.60. The van der Waals surface area contributed by atoms with E-state index in [0.29, 0.717) is 24.6 Å². The van der Waals surface area contributed by atoms with Crippen LogP contribution in [0.3, 0.4) is 0 Å². The van der Waals surface area contributed by atoms with E-state index in [9.17, 15) is 4.79 Å². The van der Waals surface area contributed by atoms with E-state index in [2.05, 4.69) is 13.2 Å². The van der Waals surface area contributed by atoms with E-state index < -0.39 is 18.1 Å². The van der Waals surface area contributed by atoms with Crippen molar-refractivity contribution in [2.75, 3.05) is 48.8 Å². The predicted octanol–water partition coefficient (Wildman–Crippen LogP) is 2.81. The molecule has 0 radical (unpaired) electrons. The molecule has 0 heterocycles. The molecule has 0 N–H and O–H groups in total. The molecule has 0 unspecified atom stereocenters. The quantitative estimate of drug-likeness (QED) is 0.120. The van der Waals surface area contributed by atoms with Gasteiger partial charge >= 0.3 is 24.1 Å². The summed E-state index contributed by atoms with van der Waals surface area (Å²) >= 11 is 0. The van der Waals surface area contributed by atoms with Crippen LogP contribution < -0.4 is 0 Å². The summed E-state index contributed by atoms with van der Waals surface area (Å²) in [6.07, 6.45) is 4.26. The molecule has 0 atom stereocenters. The summed E-state index contributed by atoms with van der Waals surface area (Å²) in [5, 5.41) is 0. The molecule has 0 saturated heterocycles. The molecular weight excluding hydrogens is 400 g/mol. The highest BCUT2D eigenvalue weighted by atomic mass is 28.4. The van der Waals surface area contributed by atoms with Gasteiger partial charge in [0.25, 0.3) is 0 Å². The molecule has 0 saturated carbocycles. The molecule has 0 amide bonds. The first-order chi connectivity index (χ1) is 13.4. The molecule has 0 fully saturated rings. The lowest BCUT2D eigenvalue weighted by Gasteiger charge is -2.24. The summed E-state index contributed by atoms with van der Waals surface area (Å²) in [4.78, 5) is 11.1. The van der Waals surface area contributed by atoms with Gasteiger partial charge in [-0.1, -0.05) is 13.2 Å². The number of carbonyl (C=O) groups excluding carboxylic acids is 1. The fourth-order valence-electron chi connectivity index (χ4n) is 2.04. The zero-order valence-corrected chi connectivity index (χ0v) is 20.4. The van der Waals surface area contributed by atoms with Gasteiger partial charge in [0.2, 0.25) is 0 Å². The van der Waals surface area contributed by atoms with Crippen molar-refractivity contribution in [1.82, 2.24) is 0 Å². The smallest absolute Gasteiger partial charge is 0.500 e. The lowest BCUT2D eigenvalue weighted by Crippen LogP contribution is -2.42. The molecule has 0 rings (SSSR count). The Kier molecular flexibility index (Phi) is 20.1. The van der Waals surface area contributed by atoms with Gasteiger partial charge in [-0.25, -0.2) is 4.79 Å². The van der Waals surface area contributed by atoms with Gasteiger partial charge in [-0.2, -0.15) is 0 Å². The van der Waals surface area contributed by atoms with Gasteiger partial charge in [-0.15, -0.1) is 0 Å². The Morgan fingerprint density at radius 1 is 0.964 bits per heavy atom. The second-order valence-electron chi connectivity index (χ2n) is 5.75. The number of esters is 1. The maximum atomic E-state index is 11.1. The van der Waals surface area contributed by atoms with Crippen LogP contribution in [-0.2, 0) is 36.4 Å². The Labute approximate surface area is 173 Å². The number of ether oxygens (including phenoxy) is 2. The van der Waals surface area contributed by atoms with E-state index in [1.54, 1.807) is 42.5 Å². The van der Waals surface area contributed by atoms with E-state index in [4.69, 9.17) is 31.6 Å². The van der Waals surface area contributed by atoms with Gasteiger partial charge in [0.15, 0.2) is 0 Å². The van der Waals surface area contributed by atoms with Crippen LogP contribution in [0.2, 0.25) is 12.1 Å². The van der Waals surface area contributed by atoms with Crippen molar-refractivity contribution in [3.63, 3.8) is 0 Å². The van der Waals surface area contributed by atoms with Crippen molar-refractivity contribution < 1.29 is 36.4 Å². The molecule has 0 bridgehead atoms. The van der Waals surface area contributed by atoms with E-state index in [1.165, 1.54) is 6.26 Å². The van der Waals surface area contributed by atoms with Crippen LogP contribution in [0.15, 0.2) is 25.0 Å². The minimum atomic E-state index is -2.53. The number of unbranched alkanes of at least 4 members (excludes halogenated alkanes) is 1. The van der Waals surface area contributed by atoms with E-state index in [-0.39, 0.29) is 5.97 Å². The number of hydrogen-bond donors (Lipinski definition) is 0. The third-order valence-electron chi connectivity index (χ3n) is 3.74. The highest BCUT2D eigenvalue weighted by Gasteiger charge is 2.36. The molecule has 0 aromatic rings. The highest BCUT2D eigenvalue weighted by Crippen LogP contribution is 2.14. The Balaban J connectivity index is 0. The van der Waals surface area contributed by atoms with Gasteiger partial charge in [-0.3, -0.25) is 0 Å².